The fourth-order valence-electron chi connectivity index (χ4n) is 2.60. The number of hydrazine groups is 1. The number of ether oxygens (including phenoxy) is 2. The van der Waals surface area contributed by atoms with Gasteiger partial charge >= 0.3 is 0 Å². The third-order valence-corrected chi connectivity index (χ3v) is 5.20. The number of fused-ring (bicyclic) bond motifs is 1. The summed E-state index contributed by atoms with van der Waals surface area (Å²) in [5.74, 6) is 0.346. The predicted molar refractivity (Wildman–Crippen MR) is 98.8 cm³/mol. The number of amides is 1. The van der Waals surface area contributed by atoms with Crippen LogP contribution in [0.3, 0.4) is 0 Å². The zero-order valence-corrected chi connectivity index (χ0v) is 15.3. The van der Waals surface area contributed by atoms with Crippen molar-refractivity contribution in [3.05, 3.63) is 66.5 Å². The molecule has 0 saturated heterocycles. The van der Waals surface area contributed by atoms with Gasteiger partial charge in [-0.3, -0.25) is 10.2 Å². The summed E-state index contributed by atoms with van der Waals surface area (Å²) in [6.45, 7) is 0.825. The van der Waals surface area contributed by atoms with Crippen LogP contribution in [-0.2, 0) is 10.0 Å². The molecule has 1 aromatic heterocycles. The van der Waals surface area contributed by atoms with Crippen molar-refractivity contribution in [2.45, 2.75) is 4.90 Å². The lowest BCUT2D eigenvalue weighted by atomic mass is 10.2. The lowest BCUT2D eigenvalue weighted by Crippen LogP contribution is -2.41. The maximum Gasteiger partial charge on any atom is 0.266 e. The molecule has 3 aromatic rings. The van der Waals surface area contributed by atoms with Gasteiger partial charge in [0, 0.05) is 5.56 Å². The molecule has 1 aliphatic heterocycles. The van der Waals surface area contributed by atoms with Gasteiger partial charge in [0.1, 0.15) is 18.1 Å². The van der Waals surface area contributed by atoms with Crippen molar-refractivity contribution in [3.63, 3.8) is 0 Å². The smallest absolute Gasteiger partial charge is 0.266 e. The number of carbonyl (C=O) groups excluding carboxylic acids is 1. The van der Waals surface area contributed by atoms with Crippen molar-refractivity contribution < 1.29 is 22.7 Å². The molecule has 0 unspecified atom stereocenters. The van der Waals surface area contributed by atoms with E-state index < -0.39 is 15.9 Å². The molecule has 0 radical (unpaired) electrons. The molecule has 0 fully saturated rings. The number of hydrogen-bond donors (Lipinski definition) is 2. The second kappa shape index (κ2) is 7.33. The first-order chi connectivity index (χ1) is 13.5. The predicted octanol–water partition coefficient (Wildman–Crippen LogP) is 1.27. The van der Waals surface area contributed by atoms with Gasteiger partial charge in [0.15, 0.2) is 11.5 Å². The third-order valence-electron chi connectivity index (χ3n) is 3.99. The van der Waals surface area contributed by atoms with Crippen LogP contribution in [-0.4, -0.2) is 37.3 Å². The van der Waals surface area contributed by atoms with Crippen LogP contribution in [0.4, 0.5) is 0 Å². The topological polar surface area (TPSA) is 112 Å². The molecule has 0 saturated carbocycles. The number of nitrogens with one attached hydrogen (secondary N) is 2. The standard InChI is InChI=1S/C18H16N4O5S/c23-18(13-6-7-16-17(10-13)27-9-8-26-16)20-21-28(24,25)15-11-19-22(12-15)14-4-2-1-3-5-14/h1-7,10-12,21H,8-9H2,(H,20,23). The van der Waals surface area contributed by atoms with E-state index >= 15 is 0 Å². The number of para-hydroxylation sites is 1. The Labute approximate surface area is 160 Å². The Morgan fingerprint density at radius 3 is 2.57 bits per heavy atom. The van der Waals surface area contributed by atoms with Crippen LogP contribution in [0, 0.1) is 0 Å². The van der Waals surface area contributed by atoms with Crippen LogP contribution in [0.25, 0.3) is 5.69 Å². The minimum absolute atomic E-state index is 0.0844. The first kappa shape index (κ1) is 18.0. The molecular formula is C18H16N4O5S. The second-order valence-corrected chi connectivity index (χ2v) is 7.56. The largest absolute Gasteiger partial charge is 0.486 e. The molecule has 9 nitrogen and oxygen atoms in total. The Kier molecular flexibility index (Phi) is 4.72. The lowest BCUT2D eigenvalue weighted by Gasteiger charge is -2.18. The van der Waals surface area contributed by atoms with Crippen LogP contribution in [0.1, 0.15) is 10.4 Å². The Morgan fingerprint density at radius 1 is 1.04 bits per heavy atom. The van der Waals surface area contributed by atoms with Crippen LogP contribution in [0.15, 0.2) is 65.8 Å². The van der Waals surface area contributed by atoms with Gasteiger partial charge in [-0.1, -0.05) is 18.2 Å². The van der Waals surface area contributed by atoms with E-state index in [-0.39, 0.29) is 10.5 Å². The molecule has 144 valence electrons. The highest BCUT2D eigenvalue weighted by atomic mass is 32.2. The molecule has 1 aliphatic rings. The van der Waals surface area contributed by atoms with Crippen molar-refractivity contribution in [1.29, 1.82) is 0 Å². The average Bonchev–Trinajstić information content (AvgIpc) is 3.24. The highest BCUT2D eigenvalue weighted by Crippen LogP contribution is 2.30. The first-order valence-electron chi connectivity index (χ1n) is 8.35. The zero-order chi connectivity index (χ0) is 19.6. The molecule has 2 aromatic carbocycles. The van der Waals surface area contributed by atoms with E-state index in [4.69, 9.17) is 9.47 Å². The third kappa shape index (κ3) is 3.68. The normalized spacial score (nSPS) is 13.1. The fourth-order valence-corrected chi connectivity index (χ4v) is 3.37. The summed E-state index contributed by atoms with van der Waals surface area (Å²) >= 11 is 0. The highest BCUT2D eigenvalue weighted by Gasteiger charge is 2.20. The summed E-state index contributed by atoms with van der Waals surface area (Å²) in [5.41, 5.74) is 3.12. The van der Waals surface area contributed by atoms with Crippen molar-refractivity contribution in [1.82, 2.24) is 20.0 Å². The average molecular weight is 400 g/mol. The van der Waals surface area contributed by atoms with Gasteiger partial charge in [-0.25, -0.2) is 13.1 Å². The summed E-state index contributed by atoms with van der Waals surface area (Å²) in [6, 6.07) is 13.7. The van der Waals surface area contributed by atoms with E-state index in [1.54, 1.807) is 18.2 Å². The number of rotatable bonds is 5. The monoisotopic (exact) mass is 400 g/mol. The highest BCUT2D eigenvalue weighted by molar-refractivity contribution is 7.89. The van der Waals surface area contributed by atoms with E-state index in [2.05, 4.69) is 15.4 Å². The van der Waals surface area contributed by atoms with Crippen molar-refractivity contribution >= 4 is 15.9 Å². The summed E-state index contributed by atoms with van der Waals surface area (Å²) in [6.07, 6.45) is 2.56. The molecule has 10 heteroatoms. The Bertz CT molecular complexity index is 1110. The summed E-state index contributed by atoms with van der Waals surface area (Å²) < 4.78 is 37.1. The van der Waals surface area contributed by atoms with Gasteiger partial charge < -0.3 is 9.47 Å². The van der Waals surface area contributed by atoms with Gasteiger partial charge in [0.2, 0.25) is 0 Å². The van der Waals surface area contributed by atoms with E-state index in [0.29, 0.717) is 30.4 Å². The number of benzene rings is 2. The van der Waals surface area contributed by atoms with E-state index in [0.717, 1.165) is 0 Å². The molecule has 0 bridgehead atoms. The first-order valence-corrected chi connectivity index (χ1v) is 9.83. The SMILES string of the molecule is O=C(NNS(=O)(=O)c1cnn(-c2ccccc2)c1)c1ccc2c(c1)OCCO2. The van der Waals surface area contributed by atoms with Gasteiger partial charge in [-0.15, -0.1) is 4.83 Å². The number of nitrogens with zero attached hydrogens (tertiary/aromatic N) is 2. The number of carbonyl (C=O) groups is 1. The summed E-state index contributed by atoms with van der Waals surface area (Å²) in [7, 11) is -3.99. The summed E-state index contributed by atoms with van der Waals surface area (Å²) in [5, 5.41) is 4.04. The maximum atomic E-state index is 12.4. The van der Waals surface area contributed by atoms with Gasteiger partial charge in [0.25, 0.3) is 15.9 Å². The zero-order valence-electron chi connectivity index (χ0n) is 14.5. The van der Waals surface area contributed by atoms with Crippen LogP contribution in [0.2, 0.25) is 0 Å². The Balaban J connectivity index is 1.45. The Morgan fingerprint density at radius 2 is 1.79 bits per heavy atom. The van der Waals surface area contributed by atoms with Gasteiger partial charge in [-0.2, -0.15) is 5.10 Å². The molecule has 2 heterocycles. The van der Waals surface area contributed by atoms with Crippen molar-refractivity contribution in [3.8, 4) is 17.2 Å². The molecule has 28 heavy (non-hydrogen) atoms. The molecular weight excluding hydrogens is 384 g/mol. The van der Waals surface area contributed by atoms with Crippen molar-refractivity contribution in [2.75, 3.05) is 13.2 Å². The molecule has 1 amide bonds. The quantitative estimate of drug-likeness (QED) is 0.624. The number of aromatic nitrogens is 2. The molecule has 2 N–H and O–H groups in total. The molecule has 0 atom stereocenters. The molecule has 0 spiro atoms. The van der Waals surface area contributed by atoms with Gasteiger partial charge in [0.05, 0.1) is 18.1 Å². The lowest BCUT2D eigenvalue weighted by molar-refractivity contribution is 0.0944. The Hall–Kier alpha value is -3.37. The minimum Gasteiger partial charge on any atom is -0.486 e. The number of sulfonamides is 1. The fraction of sp³-hybridized carbons (Fsp3) is 0.111. The van der Waals surface area contributed by atoms with Crippen LogP contribution >= 0.6 is 0 Å². The number of hydrogen-bond acceptors (Lipinski definition) is 6. The van der Waals surface area contributed by atoms with Crippen LogP contribution in [0.5, 0.6) is 11.5 Å². The second-order valence-electron chi connectivity index (χ2n) is 5.87. The van der Waals surface area contributed by atoms with E-state index in [1.165, 1.54) is 29.2 Å². The summed E-state index contributed by atoms with van der Waals surface area (Å²) in [4.78, 5) is 14.3. The molecule has 4 rings (SSSR count). The van der Waals surface area contributed by atoms with E-state index in [9.17, 15) is 13.2 Å². The molecule has 0 aliphatic carbocycles. The van der Waals surface area contributed by atoms with Crippen molar-refractivity contribution in [2.24, 2.45) is 0 Å². The van der Waals surface area contributed by atoms with Gasteiger partial charge in [-0.05, 0) is 30.3 Å². The van der Waals surface area contributed by atoms with E-state index in [1.807, 2.05) is 18.2 Å². The minimum atomic E-state index is -3.99. The maximum absolute atomic E-state index is 12.4. The van der Waals surface area contributed by atoms with Crippen LogP contribution < -0.4 is 19.7 Å².